The second kappa shape index (κ2) is 11.3. The van der Waals surface area contributed by atoms with E-state index in [4.69, 9.17) is 4.98 Å². The number of nitrogens with zero attached hydrogens (tertiary/aromatic N) is 3. The predicted molar refractivity (Wildman–Crippen MR) is 160 cm³/mol. The molecule has 0 radical (unpaired) electrons. The first-order valence-electron chi connectivity index (χ1n) is 13.7. The van der Waals surface area contributed by atoms with E-state index < -0.39 is 17.2 Å². The average molecular weight is 591 g/mol. The lowest BCUT2D eigenvalue weighted by Gasteiger charge is -2.25. The minimum absolute atomic E-state index is 0.219. The molecule has 0 unspecified atom stereocenters. The van der Waals surface area contributed by atoms with E-state index in [0.717, 1.165) is 46.8 Å². The molecule has 1 fully saturated rings. The summed E-state index contributed by atoms with van der Waals surface area (Å²) in [6, 6.07) is 20.6. The molecule has 216 valence electrons. The highest BCUT2D eigenvalue weighted by atomic mass is 32.2. The Bertz CT molecular complexity index is 1610. The van der Waals surface area contributed by atoms with Gasteiger partial charge in [-0.25, -0.2) is 4.98 Å². The van der Waals surface area contributed by atoms with Gasteiger partial charge in [0, 0.05) is 48.2 Å². The maximum absolute atomic E-state index is 13.6. The summed E-state index contributed by atoms with van der Waals surface area (Å²) < 4.78 is 43.3. The summed E-state index contributed by atoms with van der Waals surface area (Å²) in [5.74, 6) is 0.944. The molecular formula is C31H29F3N6OS. The Balaban J connectivity index is 1.23. The third-order valence-electron chi connectivity index (χ3n) is 7.59. The van der Waals surface area contributed by atoms with E-state index in [-0.39, 0.29) is 5.91 Å². The zero-order chi connectivity index (χ0) is 29.3. The molecule has 4 bridgehead atoms. The van der Waals surface area contributed by atoms with Crippen LogP contribution < -0.4 is 20.3 Å². The molecule has 7 nitrogen and oxygen atoms in total. The Morgan fingerprint density at radius 3 is 2.55 bits per heavy atom. The van der Waals surface area contributed by atoms with Crippen LogP contribution >= 0.6 is 11.9 Å². The van der Waals surface area contributed by atoms with Crippen molar-refractivity contribution < 1.29 is 18.0 Å². The fourth-order valence-electron chi connectivity index (χ4n) is 5.10. The number of fused-ring (bicyclic) bond motifs is 4. The number of carbonyl (C=O) groups is 1. The molecule has 1 amide bonds. The first-order valence-corrected chi connectivity index (χ1v) is 14.5. The number of aromatic nitrogens is 2. The van der Waals surface area contributed by atoms with Crippen LogP contribution in [-0.4, -0.2) is 36.0 Å². The fourth-order valence-corrected chi connectivity index (χ4v) is 5.85. The number of halogens is 3. The van der Waals surface area contributed by atoms with Crippen LogP contribution in [0, 0.1) is 0 Å². The number of alkyl halides is 3. The Morgan fingerprint density at radius 1 is 1.00 bits per heavy atom. The highest BCUT2D eigenvalue weighted by Gasteiger charge is 2.53. The van der Waals surface area contributed by atoms with E-state index in [1.165, 1.54) is 11.0 Å². The molecule has 2 heterocycles. The van der Waals surface area contributed by atoms with Gasteiger partial charge in [0.15, 0.2) is 0 Å². The predicted octanol–water partition coefficient (Wildman–Crippen LogP) is 7.01. The standard InChI is InChI=1S/C31H29F3N6OS/c1-40(28(41)30(13-14-30)21-5-2-6-22(17-21)31(32,33)34)24-11-9-20(10-12-24)26-19-36-29-38-23-7-3-8-25(18-23)42-37-16-4-15-35-27(26)39-29/h2-3,5-12,17-19,37H,4,13-16H2,1H3,(H2,35,36,38,39). The van der Waals surface area contributed by atoms with E-state index >= 15 is 0 Å². The normalized spacial score (nSPS) is 16.1. The van der Waals surface area contributed by atoms with E-state index in [9.17, 15) is 18.0 Å². The number of anilines is 4. The van der Waals surface area contributed by atoms with E-state index in [2.05, 4.69) is 20.3 Å². The third kappa shape index (κ3) is 5.79. The topological polar surface area (TPSA) is 82.2 Å². The summed E-state index contributed by atoms with van der Waals surface area (Å²) >= 11 is 1.58. The van der Waals surface area contributed by atoms with E-state index in [1.54, 1.807) is 31.3 Å². The summed E-state index contributed by atoms with van der Waals surface area (Å²) in [6.45, 7) is 1.53. The zero-order valence-electron chi connectivity index (χ0n) is 22.8. The van der Waals surface area contributed by atoms with Crippen molar-refractivity contribution in [3.05, 3.63) is 90.1 Å². The van der Waals surface area contributed by atoms with Crippen molar-refractivity contribution in [1.82, 2.24) is 14.7 Å². The summed E-state index contributed by atoms with van der Waals surface area (Å²) in [5, 5.41) is 6.70. The van der Waals surface area contributed by atoms with Crippen molar-refractivity contribution in [3.63, 3.8) is 0 Å². The summed E-state index contributed by atoms with van der Waals surface area (Å²) in [4.78, 5) is 25.5. The van der Waals surface area contributed by atoms with Gasteiger partial charge in [0.25, 0.3) is 0 Å². The van der Waals surface area contributed by atoms with Crippen LogP contribution in [0.2, 0.25) is 0 Å². The van der Waals surface area contributed by atoms with Crippen LogP contribution in [0.1, 0.15) is 30.4 Å². The van der Waals surface area contributed by atoms with E-state index in [0.29, 0.717) is 42.4 Å². The molecule has 6 rings (SSSR count). The number of rotatable bonds is 4. The second-order valence-electron chi connectivity index (χ2n) is 10.5. The van der Waals surface area contributed by atoms with Gasteiger partial charge in [0.2, 0.25) is 11.9 Å². The summed E-state index contributed by atoms with van der Waals surface area (Å²) in [6.07, 6.45) is -0.775. The Morgan fingerprint density at radius 2 is 1.79 bits per heavy atom. The zero-order valence-corrected chi connectivity index (χ0v) is 23.6. The number of carbonyl (C=O) groups excluding carboxylic acids is 1. The van der Waals surface area contributed by atoms with Gasteiger partial charge in [-0.3, -0.25) is 9.52 Å². The lowest BCUT2D eigenvalue weighted by atomic mass is 9.92. The number of benzene rings is 3. The van der Waals surface area contributed by atoms with Gasteiger partial charge in [0.1, 0.15) is 5.82 Å². The Kier molecular flexibility index (Phi) is 7.54. The Hall–Kier alpha value is -4.09. The molecule has 0 atom stereocenters. The molecule has 42 heavy (non-hydrogen) atoms. The van der Waals surface area contributed by atoms with Crippen molar-refractivity contribution in [2.75, 3.05) is 35.7 Å². The lowest BCUT2D eigenvalue weighted by molar-refractivity contribution is -0.137. The lowest BCUT2D eigenvalue weighted by Crippen LogP contribution is -2.36. The van der Waals surface area contributed by atoms with Crippen LogP contribution in [0.5, 0.6) is 0 Å². The molecule has 0 spiro atoms. The van der Waals surface area contributed by atoms with Gasteiger partial charge in [-0.2, -0.15) is 18.2 Å². The molecule has 4 aromatic rings. The SMILES string of the molecule is CN(C(=O)C1(c2cccc(C(F)(F)F)c2)CC1)c1ccc(-c2cnc3nc2NCCCNSc2cccc(c2)N3)cc1. The van der Waals surface area contributed by atoms with Gasteiger partial charge in [-0.05, 0) is 78.7 Å². The van der Waals surface area contributed by atoms with Crippen LogP contribution in [0.15, 0.2) is 83.9 Å². The highest BCUT2D eigenvalue weighted by molar-refractivity contribution is 7.97. The van der Waals surface area contributed by atoms with Crippen molar-refractivity contribution in [2.45, 2.75) is 35.7 Å². The molecule has 3 N–H and O–H groups in total. The van der Waals surface area contributed by atoms with Crippen molar-refractivity contribution >= 4 is 41.0 Å². The molecular weight excluding hydrogens is 561 g/mol. The molecule has 2 aliphatic rings. The maximum Gasteiger partial charge on any atom is 0.416 e. The van der Waals surface area contributed by atoms with Crippen LogP contribution in [0.3, 0.4) is 0 Å². The molecule has 1 aliphatic carbocycles. The molecule has 1 saturated carbocycles. The molecule has 3 aromatic carbocycles. The summed E-state index contributed by atoms with van der Waals surface area (Å²) in [5.41, 5.74) is 1.95. The van der Waals surface area contributed by atoms with Crippen molar-refractivity contribution in [2.24, 2.45) is 0 Å². The first-order chi connectivity index (χ1) is 20.2. The molecule has 0 saturated heterocycles. The number of nitrogens with one attached hydrogen (secondary N) is 3. The quantitative estimate of drug-likeness (QED) is 0.221. The van der Waals surface area contributed by atoms with Gasteiger partial charge in [-0.1, -0.05) is 36.4 Å². The average Bonchev–Trinajstić information content (AvgIpc) is 3.80. The molecule has 11 heteroatoms. The first kappa shape index (κ1) is 28.0. The highest BCUT2D eigenvalue weighted by Crippen LogP contribution is 2.51. The van der Waals surface area contributed by atoms with Crippen molar-refractivity contribution in [1.29, 1.82) is 0 Å². The number of hydrogen-bond donors (Lipinski definition) is 3. The van der Waals surface area contributed by atoms with Crippen LogP contribution in [-0.2, 0) is 16.4 Å². The largest absolute Gasteiger partial charge is 0.416 e. The molecule has 1 aliphatic heterocycles. The number of likely N-dealkylation sites (N-methyl/N-ethyl adjacent to an activating group) is 1. The maximum atomic E-state index is 13.6. The number of amides is 1. The summed E-state index contributed by atoms with van der Waals surface area (Å²) in [7, 11) is 1.66. The number of hydrogen-bond acceptors (Lipinski definition) is 7. The fraction of sp³-hybridized carbons (Fsp3) is 0.258. The minimum Gasteiger partial charge on any atom is -0.369 e. The van der Waals surface area contributed by atoms with Gasteiger partial charge < -0.3 is 15.5 Å². The van der Waals surface area contributed by atoms with E-state index in [1.807, 2.05) is 48.5 Å². The van der Waals surface area contributed by atoms with Gasteiger partial charge in [0.05, 0.1) is 11.0 Å². The van der Waals surface area contributed by atoms with Crippen molar-refractivity contribution in [3.8, 4) is 11.1 Å². The van der Waals surface area contributed by atoms with Gasteiger partial charge >= 0.3 is 6.18 Å². The Labute approximate surface area is 246 Å². The van der Waals surface area contributed by atoms with Crippen LogP contribution in [0.25, 0.3) is 11.1 Å². The molecule has 1 aromatic heterocycles. The van der Waals surface area contributed by atoms with Crippen LogP contribution in [0.4, 0.5) is 36.3 Å². The smallest absolute Gasteiger partial charge is 0.369 e. The second-order valence-corrected chi connectivity index (χ2v) is 11.4. The third-order valence-corrected chi connectivity index (χ3v) is 8.43. The minimum atomic E-state index is -4.46. The monoisotopic (exact) mass is 590 g/mol. The van der Waals surface area contributed by atoms with Gasteiger partial charge in [-0.15, -0.1) is 0 Å².